The number of nitrogens with one attached hydrogen (secondary N) is 1. The second-order valence-corrected chi connectivity index (χ2v) is 6.12. The summed E-state index contributed by atoms with van der Waals surface area (Å²) in [6, 6.07) is 2.03. The number of nitrogens with zero attached hydrogens (tertiary/aromatic N) is 4. The number of amides is 1. The quantitative estimate of drug-likeness (QED) is 0.831. The molecule has 6 nitrogen and oxygen atoms in total. The van der Waals surface area contributed by atoms with E-state index in [0.29, 0.717) is 17.5 Å². The summed E-state index contributed by atoms with van der Waals surface area (Å²) in [6.45, 7) is 9.75. The van der Waals surface area contributed by atoms with Crippen molar-refractivity contribution in [3.8, 4) is 0 Å². The maximum atomic E-state index is 11.9. The summed E-state index contributed by atoms with van der Waals surface area (Å²) >= 11 is 5.99. The lowest BCUT2D eigenvalue weighted by Crippen LogP contribution is -2.50. The predicted octanol–water partition coefficient (Wildman–Crippen LogP) is 1.48. The summed E-state index contributed by atoms with van der Waals surface area (Å²) in [5, 5.41) is 3.47. The third-order valence-corrected chi connectivity index (χ3v) is 4.07. The maximum absolute atomic E-state index is 11.9. The molecule has 1 amide bonds. The van der Waals surface area contributed by atoms with E-state index in [2.05, 4.69) is 32.0 Å². The standard InChI is InChI=1S/C15H24ClN5O/c1-4-11(2)17-15(22)10-20-5-7-21(8-6-20)14-9-13(16)18-12(3)19-14/h9,11H,4-8,10H2,1-3H3,(H,17,22). The van der Waals surface area contributed by atoms with Gasteiger partial charge in [0.1, 0.15) is 16.8 Å². The molecule has 1 aliphatic rings. The number of aryl methyl sites for hydroxylation is 1. The zero-order valence-corrected chi connectivity index (χ0v) is 14.2. The lowest BCUT2D eigenvalue weighted by Gasteiger charge is -2.35. The molecule has 1 saturated heterocycles. The molecule has 0 bridgehead atoms. The average molecular weight is 326 g/mol. The van der Waals surface area contributed by atoms with Gasteiger partial charge in [0.15, 0.2) is 0 Å². The minimum absolute atomic E-state index is 0.101. The van der Waals surface area contributed by atoms with Crippen LogP contribution in [0.5, 0.6) is 0 Å². The van der Waals surface area contributed by atoms with Crippen molar-refractivity contribution >= 4 is 23.3 Å². The molecule has 22 heavy (non-hydrogen) atoms. The van der Waals surface area contributed by atoms with E-state index in [9.17, 15) is 4.79 Å². The normalized spacial score (nSPS) is 17.4. The number of carbonyl (C=O) groups is 1. The number of aromatic nitrogens is 2. The Kier molecular flexibility index (Phi) is 5.97. The Bertz CT molecular complexity index is 496. The Morgan fingerprint density at radius 2 is 2.05 bits per heavy atom. The van der Waals surface area contributed by atoms with Gasteiger partial charge in [-0.3, -0.25) is 9.69 Å². The minimum Gasteiger partial charge on any atom is -0.354 e. The van der Waals surface area contributed by atoms with Crippen LogP contribution in [-0.2, 0) is 4.79 Å². The molecule has 1 unspecified atom stereocenters. The topological polar surface area (TPSA) is 61.4 Å². The van der Waals surface area contributed by atoms with Crippen LogP contribution in [-0.4, -0.2) is 59.5 Å². The van der Waals surface area contributed by atoms with Crippen molar-refractivity contribution in [2.45, 2.75) is 33.2 Å². The zero-order chi connectivity index (χ0) is 16.1. The smallest absolute Gasteiger partial charge is 0.234 e. The number of halogens is 1. The second-order valence-electron chi connectivity index (χ2n) is 5.74. The van der Waals surface area contributed by atoms with E-state index in [1.807, 2.05) is 13.8 Å². The largest absolute Gasteiger partial charge is 0.354 e. The van der Waals surface area contributed by atoms with Crippen LogP contribution in [0.4, 0.5) is 5.82 Å². The number of carbonyl (C=O) groups excluding carboxylic acids is 1. The third-order valence-electron chi connectivity index (χ3n) is 3.88. The van der Waals surface area contributed by atoms with E-state index in [1.54, 1.807) is 6.07 Å². The molecule has 1 fully saturated rings. The van der Waals surface area contributed by atoms with Gasteiger partial charge in [-0.15, -0.1) is 0 Å². The third kappa shape index (κ3) is 4.81. The summed E-state index contributed by atoms with van der Waals surface area (Å²) in [5.41, 5.74) is 0. The molecule has 1 atom stereocenters. The highest BCUT2D eigenvalue weighted by molar-refractivity contribution is 6.29. The fraction of sp³-hybridized carbons (Fsp3) is 0.667. The van der Waals surface area contributed by atoms with Crippen molar-refractivity contribution in [3.63, 3.8) is 0 Å². The molecule has 0 saturated carbocycles. The lowest BCUT2D eigenvalue weighted by molar-refractivity contribution is -0.122. The molecule has 7 heteroatoms. The van der Waals surface area contributed by atoms with Gasteiger partial charge in [0.2, 0.25) is 5.91 Å². The Labute approximate surface area is 136 Å². The van der Waals surface area contributed by atoms with Gasteiger partial charge in [-0.2, -0.15) is 0 Å². The molecule has 1 aliphatic heterocycles. The van der Waals surface area contributed by atoms with Gasteiger partial charge < -0.3 is 10.2 Å². The highest BCUT2D eigenvalue weighted by Gasteiger charge is 2.20. The summed E-state index contributed by atoms with van der Waals surface area (Å²) in [4.78, 5) is 24.8. The molecule has 2 heterocycles. The zero-order valence-electron chi connectivity index (χ0n) is 13.5. The number of hydrogen-bond acceptors (Lipinski definition) is 5. The van der Waals surface area contributed by atoms with Crippen LogP contribution in [0, 0.1) is 6.92 Å². The number of anilines is 1. The Morgan fingerprint density at radius 1 is 1.36 bits per heavy atom. The Hall–Kier alpha value is -1.40. The summed E-state index contributed by atoms with van der Waals surface area (Å²) in [7, 11) is 0. The van der Waals surface area contributed by atoms with E-state index in [-0.39, 0.29) is 11.9 Å². The molecule has 0 radical (unpaired) electrons. The molecule has 1 aromatic heterocycles. The lowest BCUT2D eigenvalue weighted by atomic mass is 10.2. The number of rotatable bonds is 5. The molecule has 0 aromatic carbocycles. The van der Waals surface area contributed by atoms with Gasteiger partial charge in [-0.1, -0.05) is 18.5 Å². The second kappa shape index (κ2) is 7.74. The van der Waals surface area contributed by atoms with Crippen molar-refractivity contribution in [2.24, 2.45) is 0 Å². The van der Waals surface area contributed by atoms with E-state index >= 15 is 0 Å². The first-order valence-corrected chi connectivity index (χ1v) is 8.13. The minimum atomic E-state index is 0.101. The molecule has 2 rings (SSSR count). The van der Waals surface area contributed by atoms with Crippen molar-refractivity contribution < 1.29 is 4.79 Å². The van der Waals surface area contributed by atoms with E-state index < -0.39 is 0 Å². The fourth-order valence-corrected chi connectivity index (χ4v) is 2.66. The summed E-state index contributed by atoms with van der Waals surface area (Å²) in [5.74, 6) is 1.64. The molecular weight excluding hydrogens is 302 g/mol. The monoisotopic (exact) mass is 325 g/mol. The first kappa shape index (κ1) is 17.0. The van der Waals surface area contributed by atoms with Gasteiger partial charge >= 0.3 is 0 Å². The highest BCUT2D eigenvalue weighted by Crippen LogP contribution is 2.17. The van der Waals surface area contributed by atoms with Crippen molar-refractivity contribution in [3.05, 3.63) is 17.0 Å². The number of piperazine rings is 1. The summed E-state index contributed by atoms with van der Waals surface area (Å²) < 4.78 is 0. The van der Waals surface area contributed by atoms with Crippen LogP contribution in [0.1, 0.15) is 26.1 Å². The van der Waals surface area contributed by atoms with Crippen LogP contribution >= 0.6 is 11.6 Å². The first-order chi connectivity index (χ1) is 10.5. The fourth-order valence-electron chi connectivity index (χ4n) is 2.44. The SMILES string of the molecule is CCC(C)NC(=O)CN1CCN(c2cc(Cl)nc(C)n2)CC1. The maximum Gasteiger partial charge on any atom is 0.234 e. The molecular formula is C15H24ClN5O. The van der Waals surface area contributed by atoms with Crippen LogP contribution in [0.15, 0.2) is 6.07 Å². The van der Waals surface area contributed by atoms with Crippen molar-refractivity contribution in [1.82, 2.24) is 20.2 Å². The molecule has 0 spiro atoms. The Morgan fingerprint density at radius 3 is 2.64 bits per heavy atom. The molecule has 1 aromatic rings. The van der Waals surface area contributed by atoms with Gasteiger partial charge in [-0.25, -0.2) is 9.97 Å². The molecule has 1 N–H and O–H groups in total. The van der Waals surface area contributed by atoms with Crippen molar-refractivity contribution in [1.29, 1.82) is 0 Å². The van der Waals surface area contributed by atoms with Crippen LogP contribution in [0.2, 0.25) is 5.15 Å². The van der Waals surface area contributed by atoms with Crippen LogP contribution in [0.25, 0.3) is 0 Å². The van der Waals surface area contributed by atoms with E-state index in [4.69, 9.17) is 11.6 Å². The van der Waals surface area contributed by atoms with E-state index in [1.165, 1.54) is 0 Å². The van der Waals surface area contributed by atoms with Gasteiger partial charge in [-0.05, 0) is 20.3 Å². The van der Waals surface area contributed by atoms with Gasteiger partial charge in [0.25, 0.3) is 0 Å². The molecule has 122 valence electrons. The van der Waals surface area contributed by atoms with Crippen LogP contribution in [0.3, 0.4) is 0 Å². The first-order valence-electron chi connectivity index (χ1n) is 7.75. The highest BCUT2D eigenvalue weighted by atomic mass is 35.5. The van der Waals surface area contributed by atoms with Gasteiger partial charge in [0.05, 0.1) is 6.54 Å². The molecule has 0 aliphatic carbocycles. The number of hydrogen-bond donors (Lipinski definition) is 1. The average Bonchev–Trinajstić information content (AvgIpc) is 2.46. The van der Waals surface area contributed by atoms with E-state index in [0.717, 1.165) is 38.4 Å². The Balaban J connectivity index is 1.84. The van der Waals surface area contributed by atoms with Gasteiger partial charge in [0, 0.05) is 38.3 Å². The predicted molar refractivity (Wildman–Crippen MR) is 88.3 cm³/mol. The van der Waals surface area contributed by atoms with Crippen LogP contribution < -0.4 is 10.2 Å². The van der Waals surface area contributed by atoms with Crippen molar-refractivity contribution in [2.75, 3.05) is 37.6 Å². The summed E-state index contributed by atoms with van der Waals surface area (Å²) in [6.07, 6.45) is 0.952.